The molecule has 0 bridgehead atoms. The average molecular weight is 366 g/mol. The third-order valence-electron chi connectivity index (χ3n) is 6.02. The van der Waals surface area contributed by atoms with Gasteiger partial charge in [0.25, 0.3) is 0 Å². The van der Waals surface area contributed by atoms with Gasteiger partial charge >= 0.3 is 5.97 Å². The van der Waals surface area contributed by atoms with Crippen LogP contribution in [-0.4, -0.2) is 33.3 Å². The van der Waals surface area contributed by atoms with Crippen LogP contribution in [-0.2, 0) is 22.5 Å². The fraction of sp³-hybridized carbons (Fsp3) is 0.429. The second-order valence-corrected chi connectivity index (χ2v) is 7.52. The second-order valence-electron chi connectivity index (χ2n) is 7.52. The molecule has 3 atom stereocenters. The highest BCUT2D eigenvalue weighted by Crippen LogP contribution is 2.46. The first-order valence-electron chi connectivity index (χ1n) is 9.53. The largest absolute Gasteiger partial charge is 0.494 e. The van der Waals surface area contributed by atoms with Crippen molar-refractivity contribution in [1.29, 1.82) is 0 Å². The van der Waals surface area contributed by atoms with Crippen molar-refractivity contribution < 1.29 is 19.4 Å². The van der Waals surface area contributed by atoms with Crippen LogP contribution in [0.25, 0.3) is 21.8 Å². The minimum absolute atomic E-state index is 0.134. The Balaban J connectivity index is 1.77. The third kappa shape index (κ3) is 2.32. The number of nitrogens with zero attached hydrogens (tertiary/aromatic N) is 2. The number of pyridine rings is 1. The standard InChI is InChI=1S/C21H22N2O4/c1-3-26-20-13-6-4-5-7-15(13)22-19-16-8-12-9-17(24)27-11(2)14(12)10-23(16)21(25)18(19)20/h4-7,11-12,14,25H,3,8-10H2,1-2H3/t11-,12+,14-/m0/s1. The summed E-state index contributed by atoms with van der Waals surface area (Å²) in [6.45, 7) is 5.01. The number of fused-ring (bicyclic) bond motifs is 5. The first kappa shape index (κ1) is 16.4. The number of hydrogen-bond acceptors (Lipinski definition) is 5. The Hall–Kier alpha value is -2.76. The number of esters is 1. The molecule has 1 fully saturated rings. The van der Waals surface area contributed by atoms with Gasteiger partial charge in [-0.05, 0) is 38.3 Å². The lowest BCUT2D eigenvalue weighted by Gasteiger charge is -2.39. The number of para-hydroxylation sites is 1. The summed E-state index contributed by atoms with van der Waals surface area (Å²) in [7, 11) is 0. The molecule has 2 aliphatic rings. The molecule has 1 aromatic carbocycles. The lowest BCUT2D eigenvalue weighted by atomic mass is 9.78. The van der Waals surface area contributed by atoms with Gasteiger partial charge in [-0.15, -0.1) is 0 Å². The minimum atomic E-state index is -0.146. The molecule has 1 saturated heterocycles. The smallest absolute Gasteiger partial charge is 0.306 e. The van der Waals surface area contributed by atoms with E-state index in [0.29, 0.717) is 37.1 Å². The molecule has 1 N–H and O–H groups in total. The maximum Gasteiger partial charge on any atom is 0.306 e. The van der Waals surface area contributed by atoms with Crippen molar-refractivity contribution in [3.8, 4) is 11.6 Å². The molecule has 4 heterocycles. The Morgan fingerprint density at radius 2 is 2.15 bits per heavy atom. The molecule has 2 aromatic heterocycles. The van der Waals surface area contributed by atoms with Gasteiger partial charge < -0.3 is 19.1 Å². The number of rotatable bonds is 2. The van der Waals surface area contributed by atoms with Crippen LogP contribution >= 0.6 is 0 Å². The van der Waals surface area contributed by atoms with E-state index in [1.165, 1.54) is 0 Å². The van der Waals surface area contributed by atoms with Crippen molar-refractivity contribution >= 4 is 27.8 Å². The first-order valence-corrected chi connectivity index (χ1v) is 9.53. The van der Waals surface area contributed by atoms with Gasteiger partial charge in [0.2, 0.25) is 5.88 Å². The number of ether oxygens (including phenoxy) is 2. The van der Waals surface area contributed by atoms with Crippen LogP contribution in [0.5, 0.6) is 11.6 Å². The van der Waals surface area contributed by atoms with Crippen molar-refractivity contribution in [1.82, 2.24) is 9.55 Å². The van der Waals surface area contributed by atoms with Gasteiger partial charge in [-0.25, -0.2) is 4.98 Å². The van der Waals surface area contributed by atoms with E-state index in [1.807, 2.05) is 42.7 Å². The first-order chi connectivity index (χ1) is 13.1. The van der Waals surface area contributed by atoms with Gasteiger partial charge in [0.1, 0.15) is 17.2 Å². The van der Waals surface area contributed by atoms with Crippen molar-refractivity contribution in [2.24, 2.45) is 11.8 Å². The van der Waals surface area contributed by atoms with Crippen LogP contribution < -0.4 is 4.74 Å². The second kappa shape index (κ2) is 5.87. The van der Waals surface area contributed by atoms with Crippen LogP contribution in [0.1, 0.15) is 26.0 Å². The predicted molar refractivity (Wildman–Crippen MR) is 101 cm³/mol. The number of hydrogen-bond donors (Lipinski definition) is 1. The molecule has 0 spiro atoms. The number of benzene rings is 1. The third-order valence-corrected chi connectivity index (χ3v) is 6.02. The van der Waals surface area contributed by atoms with Crippen molar-refractivity contribution in [2.45, 2.75) is 39.3 Å². The highest BCUT2D eigenvalue weighted by molar-refractivity contribution is 6.05. The van der Waals surface area contributed by atoms with Crippen molar-refractivity contribution in [3.63, 3.8) is 0 Å². The molecule has 0 unspecified atom stereocenters. The fourth-order valence-electron chi connectivity index (χ4n) is 4.76. The van der Waals surface area contributed by atoms with Crippen LogP contribution in [0.2, 0.25) is 0 Å². The molecule has 6 heteroatoms. The Morgan fingerprint density at radius 3 is 2.96 bits per heavy atom. The summed E-state index contributed by atoms with van der Waals surface area (Å²) >= 11 is 0. The van der Waals surface area contributed by atoms with E-state index in [4.69, 9.17) is 14.5 Å². The van der Waals surface area contributed by atoms with Crippen LogP contribution in [0.3, 0.4) is 0 Å². The maximum atomic E-state index is 11.9. The van der Waals surface area contributed by atoms with Crippen molar-refractivity contribution in [3.05, 3.63) is 30.0 Å². The van der Waals surface area contributed by atoms with Gasteiger partial charge in [-0.3, -0.25) is 4.79 Å². The Morgan fingerprint density at radius 1 is 1.33 bits per heavy atom. The quantitative estimate of drug-likeness (QED) is 0.704. The van der Waals surface area contributed by atoms with E-state index in [-0.39, 0.29) is 29.8 Å². The summed E-state index contributed by atoms with van der Waals surface area (Å²) < 4.78 is 13.3. The monoisotopic (exact) mass is 366 g/mol. The number of carbonyl (C=O) groups excluding carboxylic acids is 1. The molecule has 5 rings (SSSR count). The van der Waals surface area contributed by atoms with E-state index in [9.17, 15) is 9.90 Å². The molecule has 3 aromatic rings. The lowest BCUT2D eigenvalue weighted by Crippen LogP contribution is -2.43. The molecular weight excluding hydrogens is 344 g/mol. The normalized spacial score (nSPS) is 24.5. The van der Waals surface area contributed by atoms with Gasteiger partial charge in [0.05, 0.1) is 17.6 Å². The van der Waals surface area contributed by atoms with Gasteiger partial charge in [-0.1, -0.05) is 12.1 Å². The molecule has 140 valence electrons. The maximum absolute atomic E-state index is 11.9. The number of carbonyl (C=O) groups is 1. The number of cyclic esters (lactones) is 1. The summed E-state index contributed by atoms with van der Waals surface area (Å²) in [4.78, 5) is 16.8. The highest BCUT2D eigenvalue weighted by Gasteiger charge is 2.42. The molecular formula is C21H22N2O4. The van der Waals surface area contributed by atoms with E-state index in [0.717, 1.165) is 22.1 Å². The predicted octanol–water partition coefficient (Wildman–Crippen LogP) is 3.42. The van der Waals surface area contributed by atoms with Gasteiger partial charge in [0.15, 0.2) is 0 Å². The molecule has 2 aliphatic heterocycles. The average Bonchev–Trinajstić information content (AvgIpc) is 2.92. The van der Waals surface area contributed by atoms with E-state index >= 15 is 0 Å². The van der Waals surface area contributed by atoms with Crippen LogP contribution in [0, 0.1) is 11.8 Å². The molecule has 0 radical (unpaired) electrons. The van der Waals surface area contributed by atoms with Crippen LogP contribution in [0.4, 0.5) is 0 Å². The molecule has 0 aliphatic carbocycles. The van der Waals surface area contributed by atoms with Crippen LogP contribution in [0.15, 0.2) is 24.3 Å². The minimum Gasteiger partial charge on any atom is -0.494 e. The topological polar surface area (TPSA) is 73.6 Å². The zero-order chi connectivity index (χ0) is 18.7. The lowest BCUT2D eigenvalue weighted by molar-refractivity contribution is -0.163. The zero-order valence-electron chi connectivity index (χ0n) is 15.4. The SMILES string of the molecule is CCOc1c2ccccc2nc2c3n(c(O)c12)C[C@@H]1[C@@H](CC(=O)O[C@H]1C)C3. The summed E-state index contributed by atoms with van der Waals surface area (Å²) in [5.41, 5.74) is 2.61. The zero-order valence-corrected chi connectivity index (χ0v) is 15.4. The Bertz CT molecular complexity index is 1070. The number of aromatic nitrogens is 2. The Labute approximate surface area is 156 Å². The fourth-order valence-corrected chi connectivity index (χ4v) is 4.76. The summed E-state index contributed by atoms with van der Waals surface area (Å²) in [6.07, 6.45) is 0.986. The summed E-state index contributed by atoms with van der Waals surface area (Å²) in [5, 5.41) is 12.6. The highest BCUT2D eigenvalue weighted by atomic mass is 16.5. The number of aromatic hydroxyl groups is 1. The molecule has 27 heavy (non-hydrogen) atoms. The Kier molecular flexibility index (Phi) is 3.57. The molecule has 0 amide bonds. The van der Waals surface area contributed by atoms with Crippen molar-refractivity contribution in [2.75, 3.05) is 6.61 Å². The van der Waals surface area contributed by atoms with Gasteiger partial charge in [0, 0.05) is 30.0 Å². The van der Waals surface area contributed by atoms with E-state index in [1.54, 1.807) is 0 Å². The van der Waals surface area contributed by atoms with Gasteiger partial charge in [-0.2, -0.15) is 0 Å². The van der Waals surface area contributed by atoms with E-state index < -0.39 is 0 Å². The molecule has 0 saturated carbocycles. The summed E-state index contributed by atoms with van der Waals surface area (Å²) in [5.74, 6) is 1.17. The molecule has 6 nitrogen and oxygen atoms in total. The summed E-state index contributed by atoms with van der Waals surface area (Å²) in [6, 6.07) is 7.83. The van der Waals surface area contributed by atoms with E-state index in [2.05, 4.69) is 0 Å².